The van der Waals surface area contributed by atoms with Crippen LogP contribution in [-0.2, 0) is 4.79 Å². The number of aryl methyl sites for hydroxylation is 1. The molecule has 0 aromatic heterocycles. The first-order valence-electron chi connectivity index (χ1n) is 8.07. The van der Waals surface area contributed by atoms with Gasteiger partial charge in [-0.05, 0) is 51.0 Å². The third-order valence-corrected chi connectivity index (χ3v) is 4.86. The summed E-state index contributed by atoms with van der Waals surface area (Å²) in [6, 6.07) is 8.73. The monoisotopic (exact) mass is 284 g/mol. The fourth-order valence-corrected chi connectivity index (χ4v) is 3.88. The summed E-state index contributed by atoms with van der Waals surface area (Å²) in [6.45, 7) is 10.8. The highest BCUT2D eigenvalue weighted by Crippen LogP contribution is 2.48. The lowest BCUT2D eigenvalue weighted by molar-refractivity contribution is -0.117. The summed E-state index contributed by atoms with van der Waals surface area (Å²) in [4.78, 5) is 11.8. The van der Waals surface area contributed by atoms with Gasteiger partial charge in [-0.2, -0.15) is 0 Å². The van der Waals surface area contributed by atoms with Crippen LogP contribution in [0.25, 0.3) is 0 Å². The van der Waals surface area contributed by atoms with Gasteiger partial charge >= 0.3 is 0 Å². The summed E-state index contributed by atoms with van der Waals surface area (Å²) < 4.78 is 0. The molecule has 0 spiro atoms. The second-order valence-electron chi connectivity index (χ2n) is 7.30. The van der Waals surface area contributed by atoms with Gasteiger partial charge < -0.3 is 0 Å². The predicted octanol–water partition coefficient (Wildman–Crippen LogP) is 5.58. The average Bonchev–Trinajstić information content (AvgIpc) is 2.37. The van der Waals surface area contributed by atoms with Gasteiger partial charge in [-0.3, -0.25) is 4.79 Å². The van der Waals surface area contributed by atoms with Crippen molar-refractivity contribution in [3.63, 3.8) is 0 Å². The van der Waals surface area contributed by atoms with Crippen molar-refractivity contribution in [3.8, 4) is 0 Å². The fourth-order valence-electron chi connectivity index (χ4n) is 3.88. The smallest absolute Gasteiger partial charge is 0.130 e. The van der Waals surface area contributed by atoms with Gasteiger partial charge in [-0.1, -0.05) is 54.8 Å². The first-order chi connectivity index (χ1) is 9.81. The molecule has 1 heteroatoms. The number of rotatable bonds is 4. The number of hydrogen-bond donors (Lipinski definition) is 0. The van der Waals surface area contributed by atoms with Gasteiger partial charge in [0.1, 0.15) is 5.78 Å². The molecule has 1 unspecified atom stereocenters. The van der Waals surface area contributed by atoms with Crippen molar-refractivity contribution in [2.75, 3.05) is 0 Å². The maximum absolute atomic E-state index is 11.8. The van der Waals surface area contributed by atoms with Crippen molar-refractivity contribution in [1.82, 2.24) is 0 Å². The molecule has 0 saturated carbocycles. The minimum Gasteiger partial charge on any atom is -0.300 e. The van der Waals surface area contributed by atoms with E-state index < -0.39 is 0 Å². The standard InChI is InChI=1S/C20H28O/c1-14-8-10-17(11-9-14)18(13-16(3)21)19-15(2)7-6-12-20(19,4)5/h8-11,18H,6-7,12-13H2,1-5H3. The molecule has 0 heterocycles. The largest absolute Gasteiger partial charge is 0.300 e. The highest BCUT2D eigenvalue weighted by Gasteiger charge is 2.34. The molecule has 1 nitrogen and oxygen atoms in total. The van der Waals surface area contributed by atoms with Crippen LogP contribution in [0, 0.1) is 12.3 Å². The van der Waals surface area contributed by atoms with E-state index in [4.69, 9.17) is 0 Å². The second kappa shape index (κ2) is 6.17. The van der Waals surface area contributed by atoms with Gasteiger partial charge in [0.15, 0.2) is 0 Å². The van der Waals surface area contributed by atoms with E-state index in [9.17, 15) is 4.79 Å². The zero-order chi connectivity index (χ0) is 15.6. The van der Waals surface area contributed by atoms with Crippen LogP contribution in [0.15, 0.2) is 35.4 Å². The zero-order valence-electron chi connectivity index (χ0n) is 14.1. The maximum atomic E-state index is 11.8. The van der Waals surface area contributed by atoms with E-state index in [1.165, 1.54) is 41.5 Å². The van der Waals surface area contributed by atoms with Crippen LogP contribution in [0.1, 0.15) is 70.4 Å². The van der Waals surface area contributed by atoms with E-state index >= 15 is 0 Å². The van der Waals surface area contributed by atoms with E-state index in [1.807, 2.05) is 0 Å². The number of hydrogen-bond acceptors (Lipinski definition) is 1. The van der Waals surface area contributed by atoms with Gasteiger partial charge in [0.05, 0.1) is 0 Å². The van der Waals surface area contributed by atoms with Crippen LogP contribution in [-0.4, -0.2) is 5.78 Å². The van der Waals surface area contributed by atoms with Gasteiger partial charge in [0.25, 0.3) is 0 Å². The van der Waals surface area contributed by atoms with E-state index in [0.717, 1.165) is 0 Å². The molecule has 1 atom stereocenters. The van der Waals surface area contributed by atoms with E-state index in [0.29, 0.717) is 6.42 Å². The van der Waals surface area contributed by atoms with Crippen LogP contribution in [0.2, 0.25) is 0 Å². The average molecular weight is 284 g/mol. The zero-order valence-corrected chi connectivity index (χ0v) is 14.1. The quantitative estimate of drug-likeness (QED) is 0.659. The Bertz CT molecular complexity index is 546. The fraction of sp³-hybridized carbons (Fsp3) is 0.550. The molecule has 1 aliphatic carbocycles. The lowest BCUT2D eigenvalue weighted by Crippen LogP contribution is -2.26. The Kier molecular flexibility index (Phi) is 4.70. The van der Waals surface area contributed by atoms with E-state index in [1.54, 1.807) is 6.92 Å². The molecule has 1 aromatic carbocycles. The van der Waals surface area contributed by atoms with Crippen molar-refractivity contribution in [2.24, 2.45) is 5.41 Å². The highest BCUT2D eigenvalue weighted by molar-refractivity contribution is 5.77. The topological polar surface area (TPSA) is 17.1 Å². The van der Waals surface area contributed by atoms with E-state index in [2.05, 4.69) is 52.0 Å². The van der Waals surface area contributed by atoms with Crippen molar-refractivity contribution < 1.29 is 4.79 Å². The van der Waals surface area contributed by atoms with Crippen molar-refractivity contribution in [3.05, 3.63) is 46.5 Å². The summed E-state index contributed by atoms with van der Waals surface area (Å²) in [5.74, 6) is 0.528. The maximum Gasteiger partial charge on any atom is 0.130 e. The summed E-state index contributed by atoms with van der Waals surface area (Å²) in [7, 11) is 0. The molecule has 1 aromatic rings. The third kappa shape index (κ3) is 3.64. The summed E-state index contributed by atoms with van der Waals surface area (Å²) in [5, 5.41) is 0. The molecule has 0 aliphatic heterocycles. The van der Waals surface area contributed by atoms with Crippen LogP contribution < -0.4 is 0 Å². The summed E-state index contributed by atoms with van der Waals surface area (Å²) >= 11 is 0. The molecule has 0 bridgehead atoms. The molecule has 0 fully saturated rings. The predicted molar refractivity (Wildman–Crippen MR) is 89.6 cm³/mol. The van der Waals surface area contributed by atoms with Crippen LogP contribution in [0.5, 0.6) is 0 Å². The minimum atomic E-state index is 0.202. The Morgan fingerprint density at radius 3 is 2.33 bits per heavy atom. The first-order valence-corrected chi connectivity index (χ1v) is 8.07. The highest BCUT2D eigenvalue weighted by atomic mass is 16.1. The Hall–Kier alpha value is -1.37. The van der Waals surface area contributed by atoms with Gasteiger partial charge in [0, 0.05) is 12.3 Å². The normalized spacial score (nSPS) is 19.5. The van der Waals surface area contributed by atoms with Crippen molar-refractivity contribution in [1.29, 1.82) is 0 Å². The van der Waals surface area contributed by atoms with Crippen molar-refractivity contribution in [2.45, 2.75) is 66.2 Å². The number of allylic oxidation sites excluding steroid dienone is 2. The van der Waals surface area contributed by atoms with Gasteiger partial charge in [0.2, 0.25) is 0 Å². The molecule has 2 rings (SSSR count). The molecule has 114 valence electrons. The molecule has 21 heavy (non-hydrogen) atoms. The molecule has 1 aliphatic rings. The molecular weight excluding hydrogens is 256 g/mol. The van der Waals surface area contributed by atoms with Crippen LogP contribution in [0.4, 0.5) is 0 Å². The minimum absolute atomic E-state index is 0.202. The Morgan fingerprint density at radius 2 is 1.81 bits per heavy atom. The number of ketones is 1. The summed E-state index contributed by atoms with van der Waals surface area (Å²) in [6.07, 6.45) is 4.29. The molecule has 0 amide bonds. The lowest BCUT2D eigenvalue weighted by Gasteiger charge is -2.39. The number of carbonyl (C=O) groups excluding carboxylic acids is 1. The molecular formula is C20H28O. The Labute approximate surface area is 129 Å². The third-order valence-electron chi connectivity index (χ3n) is 4.86. The number of Topliss-reactive ketones (excluding diaryl/α,β-unsaturated/α-hetero) is 1. The summed E-state index contributed by atoms with van der Waals surface area (Å²) in [5.41, 5.74) is 5.77. The molecule has 0 radical (unpaired) electrons. The Balaban J connectivity index is 2.49. The SMILES string of the molecule is CC(=O)CC(C1=C(C)CCCC1(C)C)c1ccc(C)cc1. The van der Waals surface area contributed by atoms with Gasteiger partial charge in [-0.15, -0.1) is 0 Å². The number of benzene rings is 1. The Morgan fingerprint density at radius 1 is 1.19 bits per heavy atom. The lowest BCUT2D eigenvalue weighted by atomic mass is 9.65. The van der Waals surface area contributed by atoms with E-state index in [-0.39, 0.29) is 17.1 Å². The first kappa shape index (κ1) is 16.0. The molecule has 0 N–H and O–H groups in total. The van der Waals surface area contributed by atoms with Crippen molar-refractivity contribution >= 4 is 5.78 Å². The molecule has 0 saturated heterocycles. The van der Waals surface area contributed by atoms with Gasteiger partial charge in [-0.25, -0.2) is 0 Å². The van der Waals surface area contributed by atoms with Crippen LogP contribution >= 0.6 is 0 Å². The second-order valence-corrected chi connectivity index (χ2v) is 7.30. The number of carbonyl (C=O) groups is 1. The van der Waals surface area contributed by atoms with Crippen LogP contribution in [0.3, 0.4) is 0 Å².